The summed E-state index contributed by atoms with van der Waals surface area (Å²) in [7, 11) is 0. The fourth-order valence-electron chi connectivity index (χ4n) is 1.49. The number of nitrogens with zero attached hydrogens (tertiary/aromatic N) is 1. The van der Waals surface area contributed by atoms with E-state index in [1.165, 1.54) is 0 Å². The summed E-state index contributed by atoms with van der Waals surface area (Å²) >= 11 is 4.56. The van der Waals surface area contributed by atoms with E-state index in [1.807, 2.05) is 18.2 Å². The zero-order valence-corrected chi connectivity index (χ0v) is 7.23. The molecule has 0 aromatic heterocycles. The van der Waals surface area contributed by atoms with E-state index in [-0.39, 0.29) is 5.78 Å². The molecule has 0 atom stereocenters. The molecule has 0 saturated heterocycles. The summed E-state index contributed by atoms with van der Waals surface area (Å²) in [6.07, 6.45) is 1.13. The van der Waals surface area contributed by atoms with E-state index in [4.69, 9.17) is 0 Å². The SMILES string of the molecule is O=C1Cc2ccc(N=S)cc2C1. The Bertz CT molecular complexity index is 360. The molecular formula is C9H7NOS. The molecule has 0 N–H and O–H groups in total. The minimum Gasteiger partial charge on any atom is -0.299 e. The molecule has 60 valence electrons. The molecular weight excluding hydrogens is 170 g/mol. The number of carbonyl (C=O) groups is 1. The Morgan fingerprint density at radius 1 is 1.25 bits per heavy atom. The standard InChI is InChI=1S/C9H7NOS/c11-9-4-6-1-2-8(10-12)3-7(6)5-9/h1-3H,4-5H2. The van der Waals surface area contributed by atoms with Gasteiger partial charge in [-0.2, -0.15) is 4.36 Å². The highest BCUT2D eigenvalue weighted by Crippen LogP contribution is 2.24. The monoisotopic (exact) mass is 177 g/mol. The summed E-state index contributed by atoms with van der Waals surface area (Å²) in [6, 6.07) is 5.68. The number of fused-ring (bicyclic) bond motifs is 1. The number of hydrogen-bond donors (Lipinski definition) is 0. The maximum Gasteiger partial charge on any atom is 0.141 e. The van der Waals surface area contributed by atoms with Crippen LogP contribution in [0, 0.1) is 0 Å². The lowest BCUT2D eigenvalue weighted by Gasteiger charge is -1.96. The van der Waals surface area contributed by atoms with E-state index < -0.39 is 0 Å². The molecule has 1 aliphatic carbocycles. The number of hydrogen-bond acceptors (Lipinski definition) is 3. The molecule has 1 aromatic carbocycles. The van der Waals surface area contributed by atoms with Gasteiger partial charge < -0.3 is 0 Å². The van der Waals surface area contributed by atoms with Crippen LogP contribution in [0.1, 0.15) is 11.1 Å². The second-order valence-corrected chi connectivity index (χ2v) is 3.12. The van der Waals surface area contributed by atoms with Crippen molar-refractivity contribution in [1.82, 2.24) is 0 Å². The van der Waals surface area contributed by atoms with Crippen molar-refractivity contribution in [1.29, 1.82) is 0 Å². The van der Waals surface area contributed by atoms with Crippen molar-refractivity contribution in [3.63, 3.8) is 0 Å². The molecule has 0 fully saturated rings. The third-order valence-corrected chi connectivity index (χ3v) is 2.28. The first-order chi connectivity index (χ1) is 5.79. The molecule has 0 saturated carbocycles. The Morgan fingerprint density at radius 3 is 2.75 bits per heavy atom. The maximum atomic E-state index is 11.0. The highest BCUT2D eigenvalue weighted by molar-refractivity contribution is 7.47. The summed E-state index contributed by atoms with van der Waals surface area (Å²) in [5, 5.41) is 0. The minimum absolute atomic E-state index is 0.284. The fourth-order valence-corrected chi connectivity index (χ4v) is 1.61. The predicted octanol–water partition coefficient (Wildman–Crippen LogP) is 1.72. The van der Waals surface area contributed by atoms with Crippen molar-refractivity contribution in [2.75, 3.05) is 0 Å². The van der Waals surface area contributed by atoms with Crippen LogP contribution in [0.4, 0.5) is 5.69 Å². The Balaban J connectivity index is 2.48. The molecule has 0 spiro atoms. The van der Waals surface area contributed by atoms with E-state index in [2.05, 4.69) is 16.8 Å². The summed E-state index contributed by atoms with van der Waals surface area (Å²) in [5.74, 6) is 0.284. The maximum absolute atomic E-state index is 11.0. The molecule has 0 radical (unpaired) electrons. The number of carbonyl (C=O) groups excluding carboxylic acids is 1. The molecule has 0 bridgehead atoms. The first-order valence-electron chi connectivity index (χ1n) is 3.76. The van der Waals surface area contributed by atoms with E-state index in [0.29, 0.717) is 12.8 Å². The lowest BCUT2D eigenvalue weighted by Crippen LogP contribution is -1.92. The molecule has 1 aliphatic rings. The molecule has 2 rings (SSSR count). The minimum atomic E-state index is 0.284. The highest BCUT2D eigenvalue weighted by Gasteiger charge is 2.17. The Kier molecular flexibility index (Phi) is 1.73. The van der Waals surface area contributed by atoms with Crippen LogP contribution in [0.5, 0.6) is 0 Å². The normalized spacial score (nSPS) is 14.5. The van der Waals surface area contributed by atoms with Crippen LogP contribution in [0.15, 0.2) is 22.6 Å². The molecule has 12 heavy (non-hydrogen) atoms. The topological polar surface area (TPSA) is 29.4 Å². The van der Waals surface area contributed by atoms with E-state index in [1.54, 1.807) is 0 Å². The van der Waals surface area contributed by atoms with E-state index in [9.17, 15) is 4.79 Å². The molecule has 1 aromatic rings. The average molecular weight is 177 g/mol. The number of ketones is 1. The van der Waals surface area contributed by atoms with E-state index >= 15 is 0 Å². The third-order valence-electron chi connectivity index (χ3n) is 2.07. The van der Waals surface area contributed by atoms with Gasteiger partial charge in [-0.05, 0) is 23.3 Å². The second-order valence-electron chi connectivity index (χ2n) is 2.94. The van der Waals surface area contributed by atoms with Gasteiger partial charge >= 0.3 is 0 Å². The average Bonchev–Trinajstić information content (AvgIpc) is 2.43. The third kappa shape index (κ3) is 1.16. The van der Waals surface area contributed by atoms with Crippen LogP contribution in [-0.2, 0) is 30.1 Å². The Labute approximate surface area is 75.8 Å². The van der Waals surface area contributed by atoms with Crippen LogP contribution in [0.25, 0.3) is 0 Å². The molecule has 0 unspecified atom stereocenters. The molecule has 0 amide bonds. The molecule has 0 aliphatic heterocycles. The van der Waals surface area contributed by atoms with Crippen LogP contribution in [0.2, 0.25) is 0 Å². The van der Waals surface area contributed by atoms with Crippen molar-refractivity contribution in [3.05, 3.63) is 29.3 Å². The van der Waals surface area contributed by atoms with Gasteiger partial charge in [0.2, 0.25) is 0 Å². The quantitative estimate of drug-likeness (QED) is 0.653. The lowest BCUT2D eigenvalue weighted by molar-refractivity contribution is -0.117. The highest BCUT2D eigenvalue weighted by atomic mass is 32.1. The molecule has 0 heterocycles. The summed E-state index contributed by atoms with van der Waals surface area (Å²) < 4.78 is 3.65. The first kappa shape index (κ1) is 7.55. The van der Waals surface area contributed by atoms with Crippen LogP contribution < -0.4 is 0 Å². The molecule has 2 nitrogen and oxygen atoms in total. The van der Waals surface area contributed by atoms with Crippen molar-refractivity contribution >= 4 is 23.9 Å². The fraction of sp³-hybridized carbons (Fsp3) is 0.222. The van der Waals surface area contributed by atoms with Crippen molar-refractivity contribution in [2.24, 2.45) is 4.36 Å². The largest absolute Gasteiger partial charge is 0.299 e. The van der Waals surface area contributed by atoms with Gasteiger partial charge in [0.05, 0.1) is 5.69 Å². The number of benzene rings is 1. The van der Waals surface area contributed by atoms with Gasteiger partial charge in [0.25, 0.3) is 0 Å². The Morgan fingerprint density at radius 2 is 2.00 bits per heavy atom. The number of rotatable bonds is 1. The van der Waals surface area contributed by atoms with Crippen molar-refractivity contribution in [2.45, 2.75) is 12.8 Å². The molecule has 3 heteroatoms. The lowest BCUT2D eigenvalue weighted by atomic mass is 10.1. The van der Waals surface area contributed by atoms with Crippen molar-refractivity contribution < 1.29 is 4.79 Å². The van der Waals surface area contributed by atoms with Crippen LogP contribution in [-0.4, -0.2) is 5.78 Å². The summed E-state index contributed by atoms with van der Waals surface area (Å²) in [5.41, 5.74) is 2.99. The van der Waals surface area contributed by atoms with Gasteiger partial charge in [0, 0.05) is 25.3 Å². The smallest absolute Gasteiger partial charge is 0.141 e. The van der Waals surface area contributed by atoms with Crippen LogP contribution in [0.3, 0.4) is 0 Å². The summed E-state index contributed by atoms with van der Waals surface area (Å²) in [4.78, 5) is 11.0. The predicted molar refractivity (Wildman–Crippen MR) is 48.3 cm³/mol. The first-order valence-corrected chi connectivity index (χ1v) is 4.13. The van der Waals surface area contributed by atoms with Gasteiger partial charge in [-0.1, -0.05) is 6.07 Å². The summed E-state index contributed by atoms with van der Waals surface area (Å²) in [6.45, 7) is 0. The van der Waals surface area contributed by atoms with Crippen molar-refractivity contribution in [3.8, 4) is 0 Å². The van der Waals surface area contributed by atoms with Gasteiger partial charge in [0.1, 0.15) is 5.78 Å². The number of Topliss-reactive ketones (excluding diaryl/α,β-unsaturated/α-hetero) is 1. The zero-order valence-electron chi connectivity index (χ0n) is 6.41. The van der Waals surface area contributed by atoms with Gasteiger partial charge in [-0.15, -0.1) is 0 Å². The van der Waals surface area contributed by atoms with Gasteiger partial charge in [-0.25, -0.2) is 0 Å². The van der Waals surface area contributed by atoms with E-state index in [0.717, 1.165) is 16.8 Å². The van der Waals surface area contributed by atoms with Gasteiger partial charge in [-0.3, -0.25) is 4.79 Å². The van der Waals surface area contributed by atoms with Crippen LogP contribution >= 0.6 is 0 Å². The Hall–Kier alpha value is -1.09. The van der Waals surface area contributed by atoms with Gasteiger partial charge in [0.15, 0.2) is 0 Å². The second kappa shape index (κ2) is 2.75. The zero-order chi connectivity index (χ0) is 8.55.